The summed E-state index contributed by atoms with van der Waals surface area (Å²) in [6, 6.07) is 64.8. The van der Waals surface area contributed by atoms with E-state index in [0.29, 0.717) is 0 Å². The van der Waals surface area contributed by atoms with Gasteiger partial charge in [0, 0.05) is 26.3 Å². The molecule has 335 valence electrons. The number of hydrogen-bond donors (Lipinski definition) is 0. The van der Waals surface area contributed by atoms with Gasteiger partial charge in [-0.2, -0.15) is 0 Å². The molecule has 3 aromatic heterocycles. The van der Waals surface area contributed by atoms with Crippen molar-refractivity contribution in [2.24, 2.45) is 0 Å². The van der Waals surface area contributed by atoms with Gasteiger partial charge in [-0.3, -0.25) is 0 Å². The predicted octanol–water partition coefficient (Wildman–Crippen LogP) is 16.4. The van der Waals surface area contributed by atoms with Gasteiger partial charge in [0.25, 0.3) is 0 Å². The molecule has 0 fully saturated rings. The Labute approximate surface area is 413 Å². The normalized spacial score (nSPS) is 11.5. The molecule has 0 N–H and O–H groups in total. The maximum atomic E-state index is 6.53. The number of benzene rings is 7. The molecule has 0 aliphatic carbocycles. The first-order chi connectivity index (χ1) is 31.7. The van der Waals surface area contributed by atoms with Crippen LogP contribution in [0.1, 0.15) is 43.0 Å². The molecule has 3 heterocycles. The van der Waals surface area contributed by atoms with Crippen molar-refractivity contribution < 1.29 is 24.5 Å². The molecule has 0 saturated carbocycles. The molecular formula is C62H56GeIrN2O-2. The van der Waals surface area contributed by atoms with Crippen LogP contribution in [0.5, 0.6) is 0 Å². The van der Waals surface area contributed by atoms with Crippen LogP contribution in [0.15, 0.2) is 181 Å². The molecule has 0 unspecified atom stereocenters. The van der Waals surface area contributed by atoms with E-state index in [1.54, 1.807) is 0 Å². The van der Waals surface area contributed by atoms with Crippen molar-refractivity contribution >= 4 is 39.6 Å². The van der Waals surface area contributed by atoms with Gasteiger partial charge >= 0.3 is 177 Å². The molecular weight excluding hydrogens is 1050 g/mol. The third-order valence-corrected chi connectivity index (χ3v) is 17.1. The Hall–Kier alpha value is -6.17. The van der Waals surface area contributed by atoms with Gasteiger partial charge in [-0.25, -0.2) is 0 Å². The second-order valence-corrected chi connectivity index (χ2v) is 30.0. The molecule has 3 nitrogen and oxygen atoms in total. The van der Waals surface area contributed by atoms with Gasteiger partial charge in [0.15, 0.2) is 0 Å². The Morgan fingerprint density at radius 2 is 1.13 bits per heavy atom. The Balaban J connectivity index is 0.000000184. The Morgan fingerprint density at radius 1 is 0.522 bits per heavy atom. The van der Waals surface area contributed by atoms with Crippen molar-refractivity contribution in [2.45, 2.75) is 64.2 Å². The second-order valence-electron chi connectivity index (χ2n) is 19.5. The number of aromatic nitrogens is 2. The van der Waals surface area contributed by atoms with E-state index in [-0.39, 0.29) is 25.5 Å². The first-order valence-corrected chi connectivity index (χ1v) is 30.2. The minimum Gasteiger partial charge on any atom is -0.476 e. The van der Waals surface area contributed by atoms with Crippen molar-refractivity contribution in [1.82, 2.24) is 9.97 Å². The van der Waals surface area contributed by atoms with Crippen LogP contribution in [0, 0.1) is 32.9 Å². The number of aryl methyl sites for hydroxylation is 3. The van der Waals surface area contributed by atoms with Crippen molar-refractivity contribution in [3.63, 3.8) is 0 Å². The summed E-state index contributed by atoms with van der Waals surface area (Å²) < 4.78 is 8.00. The maximum absolute atomic E-state index is 6.53. The van der Waals surface area contributed by atoms with E-state index in [1.165, 1.54) is 65.6 Å². The average molecular weight is 1110 g/mol. The molecule has 0 spiro atoms. The first-order valence-electron chi connectivity index (χ1n) is 22.9. The zero-order chi connectivity index (χ0) is 46.2. The molecule has 10 aromatic rings. The quantitative estimate of drug-likeness (QED) is 0.118. The van der Waals surface area contributed by atoms with E-state index < -0.39 is 13.3 Å². The summed E-state index contributed by atoms with van der Waals surface area (Å²) in [4.78, 5) is 9.48. The fourth-order valence-electron chi connectivity index (χ4n) is 9.01. The summed E-state index contributed by atoms with van der Waals surface area (Å²) in [6.45, 7) is 13.2. The topological polar surface area (TPSA) is 38.9 Å². The standard InChI is InChI=1S/C35H30NO.C27H26GeN.Ir/c1-22-10-6-8-12-27(22)25-18-30(28-13-9-7-11-23(28)2)34-29-15-14-24(19-32(29)37-33(34)20-25)31-21-26(16-17-36-31)35(3,4)5;1-20-17-27(29-19-26(20)28(2,3)4)23-15-16-24(21-11-7-5-8-12-21)25(18-23)22-13-9-6-10-14-22;/h6-18,20-21H,1-5H3;5-14,16-19H,1-4H3;/q2*-1;. The van der Waals surface area contributed by atoms with Gasteiger partial charge in [-0.05, 0) is 87.5 Å². The average Bonchev–Trinajstić information content (AvgIpc) is 3.69. The van der Waals surface area contributed by atoms with E-state index in [9.17, 15) is 0 Å². The molecule has 0 aliphatic rings. The fourth-order valence-corrected chi connectivity index (χ4v) is 12.6. The monoisotopic (exact) mass is 1110 g/mol. The summed E-state index contributed by atoms with van der Waals surface area (Å²) in [5, 5.41) is 2.20. The van der Waals surface area contributed by atoms with Crippen LogP contribution in [-0.4, -0.2) is 23.2 Å². The third kappa shape index (κ3) is 10.1. The van der Waals surface area contributed by atoms with E-state index in [1.807, 2.05) is 6.20 Å². The van der Waals surface area contributed by atoms with Gasteiger partial charge < -0.3 is 9.40 Å². The largest absolute Gasteiger partial charge is 0.476 e. The predicted molar refractivity (Wildman–Crippen MR) is 282 cm³/mol. The Bertz CT molecular complexity index is 3360. The van der Waals surface area contributed by atoms with Crippen LogP contribution in [0.2, 0.25) is 17.3 Å². The van der Waals surface area contributed by atoms with Gasteiger partial charge in [0.1, 0.15) is 5.58 Å². The molecule has 0 amide bonds. The van der Waals surface area contributed by atoms with Crippen LogP contribution in [0.4, 0.5) is 0 Å². The number of rotatable bonds is 7. The summed E-state index contributed by atoms with van der Waals surface area (Å²) >= 11 is -1.91. The smallest absolute Gasteiger partial charge is 0.124 e. The van der Waals surface area contributed by atoms with Crippen LogP contribution >= 0.6 is 0 Å². The molecule has 1 radical (unpaired) electrons. The minimum atomic E-state index is -1.91. The molecule has 0 atom stereocenters. The zero-order valence-corrected chi connectivity index (χ0v) is 44.4. The zero-order valence-electron chi connectivity index (χ0n) is 39.9. The van der Waals surface area contributed by atoms with Crippen LogP contribution in [-0.2, 0) is 25.5 Å². The van der Waals surface area contributed by atoms with Crippen LogP contribution in [0.3, 0.4) is 0 Å². The molecule has 7 aromatic carbocycles. The Morgan fingerprint density at radius 3 is 1.76 bits per heavy atom. The van der Waals surface area contributed by atoms with E-state index >= 15 is 0 Å². The molecule has 0 aliphatic heterocycles. The minimum absolute atomic E-state index is 0. The summed E-state index contributed by atoms with van der Waals surface area (Å²) in [5.41, 5.74) is 20.2. The summed E-state index contributed by atoms with van der Waals surface area (Å²) in [7, 11) is 0. The van der Waals surface area contributed by atoms with E-state index in [2.05, 4.69) is 246 Å². The Kier molecular flexibility index (Phi) is 13.8. The summed E-state index contributed by atoms with van der Waals surface area (Å²) in [6.07, 6.45) is 3.99. The molecule has 5 heteroatoms. The molecule has 67 heavy (non-hydrogen) atoms. The number of pyridine rings is 2. The number of furan rings is 1. The molecule has 0 bridgehead atoms. The van der Waals surface area contributed by atoms with Crippen molar-refractivity contribution in [3.05, 3.63) is 211 Å². The van der Waals surface area contributed by atoms with Gasteiger partial charge in [-0.1, -0.05) is 86.8 Å². The molecule has 0 saturated heterocycles. The van der Waals surface area contributed by atoms with Crippen LogP contribution in [0.25, 0.3) is 89.0 Å². The maximum Gasteiger partial charge on any atom is 0.124 e. The number of nitrogens with zero attached hydrogens (tertiary/aromatic N) is 2. The fraction of sp³-hybridized carbons (Fsp3) is 0.161. The van der Waals surface area contributed by atoms with Gasteiger partial charge in [-0.15, -0.1) is 17.7 Å². The second kappa shape index (κ2) is 19.6. The SMILES string of the molecule is Cc1cc(-c2[c-]cc(-c3ccccc3)c(-c3ccccc3)c2)nc[c]1[Ge]([CH3])([CH3])[CH3].Cc1ccccc1-c1cc(-c2ccccc2C)c2c(c1)oc1[c-]c(-c3cc(C(C)(C)C)ccn3)ccc12.[Ir]. The van der Waals surface area contributed by atoms with Crippen LogP contribution < -0.4 is 4.40 Å². The summed E-state index contributed by atoms with van der Waals surface area (Å²) in [5.74, 6) is 7.24. The van der Waals surface area contributed by atoms with Gasteiger partial charge in [0.05, 0.1) is 5.58 Å². The van der Waals surface area contributed by atoms with Crippen molar-refractivity contribution in [1.29, 1.82) is 0 Å². The number of fused-ring (bicyclic) bond motifs is 3. The van der Waals surface area contributed by atoms with Gasteiger partial charge in [0.2, 0.25) is 0 Å². The molecule has 10 rings (SSSR count). The van der Waals surface area contributed by atoms with Crippen molar-refractivity contribution in [3.8, 4) is 67.0 Å². The van der Waals surface area contributed by atoms with E-state index in [4.69, 9.17) is 9.40 Å². The third-order valence-electron chi connectivity index (χ3n) is 12.6. The van der Waals surface area contributed by atoms with Crippen molar-refractivity contribution in [2.75, 3.05) is 0 Å². The first kappa shape index (κ1) is 47.3. The van der Waals surface area contributed by atoms with E-state index in [0.717, 1.165) is 50.0 Å². The number of hydrogen-bond acceptors (Lipinski definition) is 3.